The maximum absolute atomic E-state index is 11.3. The lowest BCUT2D eigenvalue weighted by Gasteiger charge is -2.08. The molecule has 1 saturated carbocycles. The van der Waals surface area contributed by atoms with Gasteiger partial charge in [-0.05, 0) is 25.7 Å². The van der Waals surface area contributed by atoms with E-state index in [1.807, 2.05) is 13.8 Å². The molecule has 2 heteroatoms. The highest BCUT2D eigenvalue weighted by molar-refractivity contribution is 5.82. The summed E-state index contributed by atoms with van der Waals surface area (Å²) in [6.07, 6.45) is 1.05. The van der Waals surface area contributed by atoms with Crippen molar-refractivity contribution in [3.63, 3.8) is 0 Å². The second-order valence-corrected chi connectivity index (χ2v) is 4.41. The summed E-state index contributed by atoms with van der Waals surface area (Å²) in [5, 5.41) is 2.92. The summed E-state index contributed by atoms with van der Waals surface area (Å²) in [7, 11) is 0. The summed E-state index contributed by atoms with van der Waals surface area (Å²) in [5.41, 5.74) is 0.263. The minimum Gasteiger partial charge on any atom is -0.354 e. The monoisotopic (exact) mass is 155 g/mol. The van der Waals surface area contributed by atoms with Gasteiger partial charge in [0.1, 0.15) is 0 Å². The van der Waals surface area contributed by atoms with Gasteiger partial charge >= 0.3 is 0 Å². The van der Waals surface area contributed by atoms with E-state index in [0.717, 1.165) is 6.42 Å². The Morgan fingerprint density at radius 1 is 1.55 bits per heavy atom. The molecule has 0 spiro atoms. The molecule has 0 aromatic carbocycles. The van der Waals surface area contributed by atoms with Crippen LogP contribution in [-0.2, 0) is 4.79 Å². The van der Waals surface area contributed by atoms with E-state index in [9.17, 15) is 4.79 Å². The standard InChI is InChI=1S/C9H17NO/c1-6(2)10-8(11)7-5-9(7,3)4/h6-7H,5H2,1-4H3,(H,10,11). The Morgan fingerprint density at radius 2 is 2.00 bits per heavy atom. The normalized spacial score (nSPS) is 26.8. The van der Waals surface area contributed by atoms with Crippen LogP contribution in [0.15, 0.2) is 0 Å². The van der Waals surface area contributed by atoms with Crippen LogP contribution in [0.1, 0.15) is 34.1 Å². The Balaban J connectivity index is 2.34. The molecular weight excluding hydrogens is 138 g/mol. The second kappa shape index (κ2) is 2.50. The minimum atomic E-state index is 0.227. The van der Waals surface area contributed by atoms with Crippen LogP contribution in [0, 0.1) is 11.3 Å². The lowest BCUT2D eigenvalue weighted by atomic mass is 10.1. The first kappa shape index (κ1) is 8.57. The predicted molar refractivity (Wildman–Crippen MR) is 45.2 cm³/mol. The van der Waals surface area contributed by atoms with E-state index in [1.54, 1.807) is 0 Å². The lowest BCUT2D eigenvalue weighted by Crippen LogP contribution is -2.32. The number of nitrogens with one attached hydrogen (secondary N) is 1. The summed E-state index contributed by atoms with van der Waals surface area (Å²) in [5.74, 6) is 0.495. The number of hydrogen-bond acceptors (Lipinski definition) is 1. The Kier molecular flexibility index (Phi) is 1.95. The molecule has 0 radical (unpaired) electrons. The molecule has 1 aliphatic carbocycles. The van der Waals surface area contributed by atoms with Gasteiger partial charge in [-0.25, -0.2) is 0 Å². The average molecular weight is 155 g/mol. The van der Waals surface area contributed by atoms with Crippen LogP contribution in [0.5, 0.6) is 0 Å². The molecule has 0 heterocycles. The van der Waals surface area contributed by atoms with Crippen LogP contribution < -0.4 is 5.32 Å². The highest BCUT2D eigenvalue weighted by Crippen LogP contribution is 2.51. The SMILES string of the molecule is CC(C)NC(=O)C1CC1(C)C. The van der Waals surface area contributed by atoms with E-state index in [0.29, 0.717) is 0 Å². The van der Waals surface area contributed by atoms with Gasteiger partial charge in [-0.2, -0.15) is 0 Å². The van der Waals surface area contributed by atoms with Crippen molar-refractivity contribution >= 4 is 5.91 Å². The summed E-state index contributed by atoms with van der Waals surface area (Å²) in [6, 6.07) is 0.277. The van der Waals surface area contributed by atoms with E-state index in [4.69, 9.17) is 0 Å². The maximum Gasteiger partial charge on any atom is 0.223 e. The highest BCUT2D eigenvalue weighted by Gasteiger charge is 2.50. The molecule has 1 atom stereocenters. The van der Waals surface area contributed by atoms with Gasteiger partial charge in [0, 0.05) is 12.0 Å². The molecule has 1 rings (SSSR count). The molecule has 1 amide bonds. The molecule has 64 valence electrons. The van der Waals surface area contributed by atoms with Gasteiger partial charge in [-0.1, -0.05) is 13.8 Å². The molecular formula is C9H17NO. The van der Waals surface area contributed by atoms with Crippen LogP contribution in [0.3, 0.4) is 0 Å². The van der Waals surface area contributed by atoms with Gasteiger partial charge in [-0.3, -0.25) is 4.79 Å². The van der Waals surface area contributed by atoms with Crippen molar-refractivity contribution in [2.24, 2.45) is 11.3 Å². The second-order valence-electron chi connectivity index (χ2n) is 4.41. The maximum atomic E-state index is 11.3. The number of rotatable bonds is 2. The summed E-state index contributed by atoms with van der Waals surface area (Å²) in [6.45, 7) is 8.26. The first-order chi connectivity index (χ1) is 4.93. The minimum absolute atomic E-state index is 0.227. The zero-order valence-corrected chi connectivity index (χ0v) is 7.77. The molecule has 1 aliphatic rings. The van der Waals surface area contributed by atoms with Gasteiger partial charge in [0.15, 0.2) is 0 Å². The zero-order valence-electron chi connectivity index (χ0n) is 7.77. The molecule has 11 heavy (non-hydrogen) atoms. The molecule has 0 bridgehead atoms. The first-order valence-corrected chi connectivity index (χ1v) is 4.24. The molecule has 1 fully saturated rings. The van der Waals surface area contributed by atoms with Crippen molar-refractivity contribution in [3.05, 3.63) is 0 Å². The number of carbonyl (C=O) groups excluding carboxylic acids is 1. The molecule has 1 unspecified atom stereocenters. The third-order valence-electron chi connectivity index (χ3n) is 2.26. The van der Waals surface area contributed by atoms with Crippen molar-refractivity contribution in [3.8, 4) is 0 Å². The lowest BCUT2D eigenvalue weighted by molar-refractivity contribution is -0.123. The zero-order chi connectivity index (χ0) is 8.65. The van der Waals surface area contributed by atoms with Gasteiger partial charge in [0.2, 0.25) is 5.91 Å². The van der Waals surface area contributed by atoms with Crippen molar-refractivity contribution in [1.29, 1.82) is 0 Å². The van der Waals surface area contributed by atoms with Gasteiger partial charge in [0.25, 0.3) is 0 Å². The van der Waals surface area contributed by atoms with E-state index < -0.39 is 0 Å². The summed E-state index contributed by atoms with van der Waals surface area (Å²) < 4.78 is 0. The fourth-order valence-corrected chi connectivity index (χ4v) is 1.30. The van der Waals surface area contributed by atoms with E-state index >= 15 is 0 Å². The van der Waals surface area contributed by atoms with E-state index in [1.165, 1.54) is 0 Å². The van der Waals surface area contributed by atoms with Crippen LogP contribution in [0.25, 0.3) is 0 Å². The largest absolute Gasteiger partial charge is 0.354 e. The Labute approximate surface area is 68.4 Å². The third-order valence-corrected chi connectivity index (χ3v) is 2.26. The third kappa shape index (κ3) is 1.95. The fraction of sp³-hybridized carbons (Fsp3) is 0.889. The molecule has 2 nitrogen and oxygen atoms in total. The molecule has 0 aliphatic heterocycles. The first-order valence-electron chi connectivity index (χ1n) is 4.24. The smallest absolute Gasteiger partial charge is 0.223 e. The van der Waals surface area contributed by atoms with Gasteiger partial charge < -0.3 is 5.32 Å². The summed E-state index contributed by atoms with van der Waals surface area (Å²) in [4.78, 5) is 11.3. The van der Waals surface area contributed by atoms with E-state index in [2.05, 4.69) is 19.2 Å². The topological polar surface area (TPSA) is 29.1 Å². The summed E-state index contributed by atoms with van der Waals surface area (Å²) >= 11 is 0. The molecule has 0 aromatic rings. The van der Waals surface area contributed by atoms with Crippen LogP contribution in [-0.4, -0.2) is 11.9 Å². The van der Waals surface area contributed by atoms with Crippen LogP contribution in [0.2, 0.25) is 0 Å². The van der Waals surface area contributed by atoms with Crippen molar-refractivity contribution in [1.82, 2.24) is 5.32 Å². The highest BCUT2D eigenvalue weighted by atomic mass is 16.2. The average Bonchev–Trinajstić information content (AvgIpc) is 2.38. The van der Waals surface area contributed by atoms with E-state index in [-0.39, 0.29) is 23.3 Å². The molecule has 0 aromatic heterocycles. The van der Waals surface area contributed by atoms with Gasteiger partial charge in [-0.15, -0.1) is 0 Å². The fourth-order valence-electron chi connectivity index (χ4n) is 1.30. The Morgan fingerprint density at radius 3 is 2.27 bits per heavy atom. The molecule has 0 saturated heterocycles. The predicted octanol–water partition coefficient (Wildman–Crippen LogP) is 1.56. The van der Waals surface area contributed by atoms with Crippen molar-refractivity contribution in [2.45, 2.75) is 40.2 Å². The van der Waals surface area contributed by atoms with Crippen molar-refractivity contribution < 1.29 is 4.79 Å². The van der Waals surface area contributed by atoms with Gasteiger partial charge in [0.05, 0.1) is 0 Å². The Bertz CT molecular complexity index is 172. The Hall–Kier alpha value is -0.530. The van der Waals surface area contributed by atoms with Crippen LogP contribution in [0.4, 0.5) is 0 Å². The quantitative estimate of drug-likeness (QED) is 0.644. The van der Waals surface area contributed by atoms with Crippen molar-refractivity contribution in [2.75, 3.05) is 0 Å². The molecule has 1 N–H and O–H groups in total. The number of amides is 1. The number of carbonyl (C=O) groups is 1. The van der Waals surface area contributed by atoms with Crippen LogP contribution >= 0.6 is 0 Å². The number of hydrogen-bond donors (Lipinski definition) is 1.